The van der Waals surface area contributed by atoms with E-state index in [0.717, 1.165) is 0 Å². The van der Waals surface area contributed by atoms with E-state index < -0.39 is 11.8 Å². The quantitative estimate of drug-likeness (QED) is 0.766. The number of nitrogens with one attached hydrogen (secondary N) is 1. The van der Waals surface area contributed by atoms with Gasteiger partial charge in [0.15, 0.2) is 6.61 Å². The Hall–Kier alpha value is -1.59. The first-order valence-corrected chi connectivity index (χ1v) is 4.85. The molecule has 0 fully saturated rings. The molecular weight excluding hydrogens is 232 g/mol. The van der Waals surface area contributed by atoms with Crippen molar-refractivity contribution in [1.29, 1.82) is 0 Å². The van der Waals surface area contributed by atoms with E-state index in [-0.39, 0.29) is 6.61 Å². The number of hydrogen-bond donors (Lipinski definition) is 2. The Labute approximate surface area is 97.5 Å². The maximum atomic E-state index is 11.5. The van der Waals surface area contributed by atoms with Gasteiger partial charge in [-0.05, 0) is 30.7 Å². The number of halogens is 1. The fourth-order valence-electron chi connectivity index (χ4n) is 1.11. The Morgan fingerprint density at radius 3 is 2.75 bits per heavy atom. The van der Waals surface area contributed by atoms with E-state index in [1.54, 1.807) is 25.1 Å². The summed E-state index contributed by atoms with van der Waals surface area (Å²) in [6, 6.07) is 4.82. The molecule has 1 rings (SSSR count). The summed E-state index contributed by atoms with van der Waals surface area (Å²) in [5.74, 6) is -1.11. The van der Waals surface area contributed by atoms with Gasteiger partial charge in [-0.2, -0.15) is 0 Å². The van der Waals surface area contributed by atoms with Gasteiger partial charge in [0.25, 0.3) is 5.91 Å². The zero-order valence-corrected chi connectivity index (χ0v) is 9.38. The monoisotopic (exact) mass is 242 g/mol. The Kier molecular flexibility index (Phi) is 4.28. The van der Waals surface area contributed by atoms with E-state index in [1.807, 2.05) is 0 Å². The third kappa shape index (κ3) is 3.52. The van der Waals surface area contributed by atoms with Crippen LogP contribution in [0.1, 0.15) is 15.9 Å². The minimum absolute atomic E-state index is 0.363. The van der Waals surface area contributed by atoms with Crippen LogP contribution in [0, 0.1) is 6.92 Å². The molecule has 16 heavy (non-hydrogen) atoms. The van der Waals surface area contributed by atoms with E-state index in [4.69, 9.17) is 17.3 Å². The van der Waals surface area contributed by atoms with Crippen LogP contribution < -0.4 is 11.2 Å². The Bertz CT molecular complexity index is 421. The molecule has 2 amide bonds. The molecule has 0 unspecified atom stereocenters. The first-order valence-electron chi connectivity index (χ1n) is 4.47. The molecule has 0 saturated carbocycles. The van der Waals surface area contributed by atoms with Crippen LogP contribution in [0.4, 0.5) is 0 Å². The van der Waals surface area contributed by atoms with Crippen LogP contribution in [-0.2, 0) is 9.63 Å². The minimum atomic E-state index is -0.659. The average molecular weight is 243 g/mol. The summed E-state index contributed by atoms with van der Waals surface area (Å²) < 4.78 is 0. The Balaban J connectivity index is 2.63. The van der Waals surface area contributed by atoms with Gasteiger partial charge in [0.05, 0.1) is 0 Å². The van der Waals surface area contributed by atoms with Crippen molar-refractivity contribution >= 4 is 23.4 Å². The number of nitrogens with two attached hydrogens (primary N) is 1. The molecule has 1 aromatic carbocycles. The Morgan fingerprint density at radius 2 is 2.19 bits per heavy atom. The number of amides is 2. The summed E-state index contributed by atoms with van der Waals surface area (Å²) in [6.45, 7) is 1.38. The normalized spacial score (nSPS) is 9.88. The lowest BCUT2D eigenvalue weighted by molar-refractivity contribution is -0.124. The van der Waals surface area contributed by atoms with Gasteiger partial charge in [0, 0.05) is 10.6 Å². The number of rotatable bonds is 4. The van der Waals surface area contributed by atoms with Crippen molar-refractivity contribution in [2.24, 2.45) is 5.73 Å². The van der Waals surface area contributed by atoms with Gasteiger partial charge in [0.1, 0.15) is 0 Å². The van der Waals surface area contributed by atoms with Crippen molar-refractivity contribution in [2.75, 3.05) is 6.61 Å². The zero-order chi connectivity index (χ0) is 12.1. The summed E-state index contributed by atoms with van der Waals surface area (Å²) in [5, 5.41) is 0.548. The van der Waals surface area contributed by atoms with Crippen LogP contribution in [0.2, 0.25) is 5.02 Å². The van der Waals surface area contributed by atoms with Gasteiger partial charge in [0.2, 0.25) is 5.91 Å². The fourth-order valence-corrected chi connectivity index (χ4v) is 1.34. The molecule has 0 aliphatic carbocycles. The molecule has 3 N–H and O–H groups in total. The van der Waals surface area contributed by atoms with Crippen LogP contribution in [-0.4, -0.2) is 18.4 Å². The second-order valence-electron chi connectivity index (χ2n) is 3.15. The number of carbonyl (C=O) groups excluding carboxylic acids is 2. The topological polar surface area (TPSA) is 81.4 Å². The number of carbonyl (C=O) groups is 2. The number of benzene rings is 1. The molecule has 0 spiro atoms. The van der Waals surface area contributed by atoms with Gasteiger partial charge in [-0.15, -0.1) is 0 Å². The summed E-state index contributed by atoms with van der Waals surface area (Å²) in [7, 11) is 0. The van der Waals surface area contributed by atoms with Crippen LogP contribution in [0.5, 0.6) is 0 Å². The number of aryl methyl sites for hydroxylation is 1. The molecule has 0 aliphatic heterocycles. The molecule has 0 atom stereocenters. The van der Waals surface area contributed by atoms with Crippen molar-refractivity contribution < 1.29 is 14.4 Å². The van der Waals surface area contributed by atoms with Crippen molar-refractivity contribution in [2.45, 2.75) is 6.92 Å². The third-order valence-electron chi connectivity index (χ3n) is 1.81. The van der Waals surface area contributed by atoms with E-state index in [0.29, 0.717) is 16.1 Å². The van der Waals surface area contributed by atoms with Gasteiger partial charge in [-0.1, -0.05) is 11.6 Å². The maximum absolute atomic E-state index is 11.5. The van der Waals surface area contributed by atoms with E-state index >= 15 is 0 Å². The fraction of sp³-hybridized carbons (Fsp3) is 0.200. The average Bonchev–Trinajstić information content (AvgIpc) is 2.16. The molecule has 5 nitrogen and oxygen atoms in total. The molecule has 0 bridgehead atoms. The highest BCUT2D eigenvalue weighted by atomic mass is 35.5. The van der Waals surface area contributed by atoms with Gasteiger partial charge < -0.3 is 5.73 Å². The Morgan fingerprint density at radius 1 is 1.50 bits per heavy atom. The second kappa shape index (κ2) is 5.48. The van der Waals surface area contributed by atoms with E-state index in [9.17, 15) is 9.59 Å². The first-order chi connectivity index (χ1) is 7.50. The molecule has 0 radical (unpaired) electrons. The molecule has 6 heteroatoms. The smallest absolute Gasteiger partial charge is 0.275 e. The minimum Gasteiger partial charge on any atom is -0.368 e. The number of primary amides is 1. The standard InChI is InChI=1S/C10H11ClN2O3/c1-6-4-7(11)2-3-8(6)10(15)13-16-5-9(12)14/h2-4H,5H2,1H3,(H2,12,14)(H,13,15). The van der Waals surface area contributed by atoms with Crippen molar-refractivity contribution in [3.63, 3.8) is 0 Å². The second-order valence-corrected chi connectivity index (χ2v) is 3.58. The number of hydrogen-bond acceptors (Lipinski definition) is 3. The number of hydroxylamine groups is 1. The summed E-state index contributed by atoms with van der Waals surface area (Å²) >= 11 is 5.74. The van der Waals surface area contributed by atoms with Gasteiger partial charge >= 0.3 is 0 Å². The molecule has 0 aliphatic rings. The van der Waals surface area contributed by atoms with E-state index in [2.05, 4.69) is 10.3 Å². The lowest BCUT2D eigenvalue weighted by Crippen LogP contribution is -2.29. The molecule has 0 saturated heterocycles. The summed E-state index contributed by atoms with van der Waals surface area (Å²) in [6.07, 6.45) is 0. The highest BCUT2D eigenvalue weighted by Gasteiger charge is 2.09. The highest BCUT2D eigenvalue weighted by molar-refractivity contribution is 6.30. The predicted molar refractivity (Wildman–Crippen MR) is 58.8 cm³/mol. The first kappa shape index (κ1) is 12.5. The van der Waals surface area contributed by atoms with Crippen molar-refractivity contribution in [1.82, 2.24) is 5.48 Å². The zero-order valence-electron chi connectivity index (χ0n) is 8.62. The van der Waals surface area contributed by atoms with Crippen LogP contribution >= 0.6 is 11.6 Å². The van der Waals surface area contributed by atoms with Crippen LogP contribution in [0.15, 0.2) is 18.2 Å². The molecule has 0 aromatic heterocycles. The lowest BCUT2D eigenvalue weighted by atomic mass is 10.1. The third-order valence-corrected chi connectivity index (χ3v) is 2.05. The molecule has 0 heterocycles. The van der Waals surface area contributed by atoms with Crippen molar-refractivity contribution in [3.05, 3.63) is 34.3 Å². The van der Waals surface area contributed by atoms with Gasteiger partial charge in [-0.25, -0.2) is 5.48 Å². The largest absolute Gasteiger partial charge is 0.368 e. The van der Waals surface area contributed by atoms with Gasteiger partial charge in [-0.3, -0.25) is 14.4 Å². The van der Waals surface area contributed by atoms with Crippen LogP contribution in [0.25, 0.3) is 0 Å². The predicted octanol–water partition coefficient (Wildman–Crippen LogP) is 0.795. The van der Waals surface area contributed by atoms with Crippen molar-refractivity contribution in [3.8, 4) is 0 Å². The van der Waals surface area contributed by atoms with Crippen LogP contribution in [0.3, 0.4) is 0 Å². The summed E-state index contributed by atoms with van der Waals surface area (Å²) in [5.41, 5.74) is 8.08. The van der Waals surface area contributed by atoms with E-state index in [1.165, 1.54) is 0 Å². The highest BCUT2D eigenvalue weighted by Crippen LogP contribution is 2.14. The molecule has 1 aromatic rings. The molecule has 86 valence electrons. The molecular formula is C10H11ClN2O3. The lowest BCUT2D eigenvalue weighted by Gasteiger charge is -2.06. The maximum Gasteiger partial charge on any atom is 0.275 e. The summed E-state index contributed by atoms with van der Waals surface area (Å²) in [4.78, 5) is 26.5. The SMILES string of the molecule is Cc1cc(Cl)ccc1C(=O)NOCC(N)=O.